The maximum Gasteiger partial charge on any atom is 0.260 e. The number of hydrogen-bond acceptors (Lipinski definition) is 2. The molecule has 0 spiro atoms. The molecule has 1 aromatic rings. The van der Waals surface area contributed by atoms with Gasteiger partial charge >= 0.3 is 0 Å². The average molecular weight is 268 g/mol. The topological polar surface area (TPSA) is 46.3 Å². The van der Waals surface area contributed by atoms with Crippen LogP contribution in [-0.4, -0.2) is 23.4 Å². The maximum atomic E-state index is 13.9. The molecule has 0 unspecified atom stereocenters. The summed E-state index contributed by atoms with van der Waals surface area (Å²) in [5.74, 6) is -2.41. The van der Waals surface area contributed by atoms with Gasteiger partial charge in [-0.25, -0.2) is 8.78 Å². The number of carbonyl (C=O) groups is 1. The van der Waals surface area contributed by atoms with Crippen LogP contribution in [0.5, 0.6) is 0 Å². The third-order valence-electron chi connectivity index (χ3n) is 3.70. The Morgan fingerprint density at radius 1 is 1.37 bits per heavy atom. The second-order valence-electron chi connectivity index (χ2n) is 4.86. The normalized spacial score (nSPS) is 15.7. The van der Waals surface area contributed by atoms with E-state index in [0.717, 1.165) is 37.8 Å². The molecule has 2 N–H and O–H groups in total. The van der Waals surface area contributed by atoms with Gasteiger partial charge in [0, 0.05) is 12.6 Å². The molecule has 3 nitrogen and oxygen atoms in total. The van der Waals surface area contributed by atoms with Gasteiger partial charge in [0.05, 0.1) is 5.69 Å². The van der Waals surface area contributed by atoms with Gasteiger partial charge in [0.2, 0.25) is 0 Å². The Kier molecular flexibility index (Phi) is 4.02. The van der Waals surface area contributed by atoms with E-state index in [0.29, 0.717) is 6.54 Å². The van der Waals surface area contributed by atoms with E-state index in [2.05, 4.69) is 0 Å². The molecule has 1 fully saturated rings. The first-order valence-corrected chi connectivity index (χ1v) is 6.60. The monoisotopic (exact) mass is 268 g/mol. The fraction of sp³-hybridized carbons (Fsp3) is 0.500. The lowest BCUT2D eigenvalue weighted by Gasteiger charge is -2.28. The number of halogens is 2. The number of amides is 1. The van der Waals surface area contributed by atoms with Crippen LogP contribution in [-0.2, 0) is 0 Å². The molecule has 0 saturated heterocycles. The van der Waals surface area contributed by atoms with Crippen molar-refractivity contribution in [1.82, 2.24) is 4.90 Å². The molecule has 2 rings (SSSR count). The molecule has 1 aliphatic carbocycles. The van der Waals surface area contributed by atoms with E-state index in [9.17, 15) is 13.6 Å². The Labute approximate surface area is 111 Å². The lowest BCUT2D eigenvalue weighted by atomic mass is 10.1. The molecular formula is C14H18F2N2O. The summed E-state index contributed by atoms with van der Waals surface area (Å²) in [6.07, 6.45) is 3.89. The van der Waals surface area contributed by atoms with Crippen LogP contribution in [0.2, 0.25) is 0 Å². The highest BCUT2D eigenvalue weighted by Gasteiger charge is 2.30. The summed E-state index contributed by atoms with van der Waals surface area (Å²) >= 11 is 0. The third kappa shape index (κ3) is 2.55. The average Bonchev–Trinajstić information content (AvgIpc) is 2.89. The molecule has 0 atom stereocenters. The summed E-state index contributed by atoms with van der Waals surface area (Å²) in [5.41, 5.74) is 4.67. The largest absolute Gasteiger partial charge is 0.396 e. The van der Waals surface area contributed by atoms with Gasteiger partial charge in [-0.2, -0.15) is 0 Å². The van der Waals surface area contributed by atoms with Crippen LogP contribution >= 0.6 is 0 Å². The summed E-state index contributed by atoms with van der Waals surface area (Å²) < 4.78 is 27.6. The smallest absolute Gasteiger partial charge is 0.260 e. The van der Waals surface area contributed by atoms with Crippen LogP contribution in [0.4, 0.5) is 14.5 Å². The molecule has 0 aliphatic heterocycles. The Morgan fingerprint density at radius 2 is 2.00 bits per heavy atom. The van der Waals surface area contributed by atoms with Crippen LogP contribution in [0.1, 0.15) is 43.0 Å². The Morgan fingerprint density at radius 3 is 2.58 bits per heavy atom. The van der Waals surface area contributed by atoms with Crippen LogP contribution < -0.4 is 5.73 Å². The number of nitrogens with two attached hydrogens (primary N) is 1. The molecule has 19 heavy (non-hydrogen) atoms. The van der Waals surface area contributed by atoms with Gasteiger partial charge in [-0.05, 0) is 31.9 Å². The van der Waals surface area contributed by atoms with Crippen molar-refractivity contribution in [2.24, 2.45) is 0 Å². The highest BCUT2D eigenvalue weighted by atomic mass is 19.1. The highest BCUT2D eigenvalue weighted by molar-refractivity contribution is 5.96. The van der Waals surface area contributed by atoms with Gasteiger partial charge in [0.25, 0.3) is 5.91 Å². The first kappa shape index (κ1) is 13.8. The standard InChI is InChI=1S/C14H18F2N2O/c1-2-18(9-5-3-4-6-9)14(19)12-10(15)7-8-11(17)13(12)16/h7-9H,2-6,17H2,1H3. The van der Waals surface area contributed by atoms with Gasteiger partial charge < -0.3 is 10.6 Å². The summed E-state index contributed by atoms with van der Waals surface area (Å²) in [7, 11) is 0. The Balaban J connectivity index is 2.34. The minimum Gasteiger partial charge on any atom is -0.396 e. The van der Waals surface area contributed by atoms with Crippen LogP contribution in [0.15, 0.2) is 12.1 Å². The lowest BCUT2D eigenvalue weighted by molar-refractivity contribution is 0.0683. The minimum absolute atomic E-state index is 0.0812. The molecule has 1 aromatic carbocycles. The van der Waals surface area contributed by atoms with Crippen molar-refractivity contribution in [2.75, 3.05) is 12.3 Å². The molecule has 0 aromatic heterocycles. The molecule has 1 amide bonds. The molecule has 5 heteroatoms. The number of rotatable bonds is 3. The number of nitrogens with zero attached hydrogens (tertiary/aromatic N) is 1. The SMILES string of the molecule is CCN(C(=O)c1c(F)ccc(N)c1F)C1CCCC1. The van der Waals surface area contributed by atoms with Crippen molar-refractivity contribution in [2.45, 2.75) is 38.6 Å². The summed E-state index contributed by atoms with van der Waals surface area (Å²) in [6, 6.07) is 2.25. The van der Waals surface area contributed by atoms with E-state index >= 15 is 0 Å². The van der Waals surface area contributed by atoms with Gasteiger partial charge in [-0.1, -0.05) is 12.8 Å². The van der Waals surface area contributed by atoms with Crippen molar-refractivity contribution in [3.63, 3.8) is 0 Å². The summed E-state index contributed by atoms with van der Waals surface area (Å²) in [5, 5.41) is 0. The van der Waals surface area contributed by atoms with E-state index in [1.54, 1.807) is 4.90 Å². The third-order valence-corrected chi connectivity index (χ3v) is 3.70. The van der Waals surface area contributed by atoms with Crippen LogP contribution in [0, 0.1) is 11.6 Å². The van der Waals surface area contributed by atoms with Crippen molar-refractivity contribution in [1.29, 1.82) is 0 Å². The van der Waals surface area contributed by atoms with Crippen LogP contribution in [0.3, 0.4) is 0 Å². The van der Waals surface area contributed by atoms with E-state index < -0.39 is 23.1 Å². The summed E-state index contributed by atoms with van der Waals surface area (Å²) in [4.78, 5) is 13.9. The van der Waals surface area contributed by atoms with E-state index in [-0.39, 0.29) is 11.7 Å². The van der Waals surface area contributed by atoms with Crippen LogP contribution in [0.25, 0.3) is 0 Å². The van der Waals surface area contributed by atoms with Crippen molar-refractivity contribution < 1.29 is 13.6 Å². The zero-order valence-electron chi connectivity index (χ0n) is 11.0. The molecule has 1 saturated carbocycles. The second kappa shape index (κ2) is 5.55. The number of carbonyl (C=O) groups excluding carboxylic acids is 1. The molecule has 0 bridgehead atoms. The Hall–Kier alpha value is -1.65. The van der Waals surface area contributed by atoms with E-state index in [1.165, 1.54) is 0 Å². The predicted octanol–water partition coefficient (Wildman–Crippen LogP) is 2.95. The number of hydrogen-bond donors (Lipinski definition) is 1. The predicted molar refractivity (Wildman–Crippen MR) is 69.7 cm³/mol. The molecule has 1 aliphatic rings. The quantitative estimate of drug-likeness (QED) is 0.857. The van der Waals surface area contributed by atoms with E-state index in [1.807, 2.05) is 6.92 Å². The van der Waals surface area contributed by atoms with E-state index in [4.69, 9.17) is 5.73 Å². The molecule has 0 radical (unpaired) electrons. The first-order valence-electron chi connectivity index (χ1n) is 6.60. The minimum atomic E-state index is -0.957. The number of anilines is 1. The van der Waals surface area contributed by atoms with Crippen molar-refractivity contribution in [3.05, 3.63) is 29.3 Å². The van der Waals surface area contributed by atoms with Crippen molar-refractivity contribution >= 4 is 11.6 Å². The highest BCUT2D eigenvalue weighted by Crippen LogP contribution is 2.27. The molecule has 104 valence electrons. The fourth-order valence-electron chi connectivity index (χ4n) is 2.69. The molecule has 0 heterocycles. The maximum absolute atomic E-state index is 13.9. The summed E-state index contributed by atoms with van der Waals surface area (Å²) in [6.45, 7) is 2.26. The molecular weight excluding hydrogens is 250 g/mol. The van der Waals surface area contributed by atoms with Gasteiger partial charge in [-0.15, -0.1) is 0 Å². The zero-order valence-corrected chi connectivity index (χ0v) is 11.0. The van der Waals surface area contributed by atoms with Gasteiger partial charge in [0.1, 0.15) is 11.4 Å². The second-order valence-corrected chi connectivity index (χ2v) is 4.86. The van der Waals surface area contributed by atoms with Gasteiger partial charge in [0.15, 0.2) is 5.82 Å². The number of nitrogen functional groups attached to an aromatic ring is 1. The first-order chi connectivity index (χ1) is 9.06. The lowest BCUT2D eigenvalue weighted by Crippen LogP contribution is -2.39. The van der Waals surface area contributed by atoms with Gasteiger partial charge in [-0.3, -0.25) is 4.79 Å². The number of benzene rings is 1. The fourth-order valence-corrected chi connectivity index (χ4v) is 2.69. The zero-order chi connectivity index (χ0) is 14.0. The Bertz CT molecular complexity index is 485. The van der Waals surface area contributed by atoms with Crippen molar-refractivity contribution in [3.8, 4) is 0 Å².